The van der Waals surface area contributed by atoms with Crippen LogP contribution in [0.2, 0.25) is 0 Å². The Bertz CT molecular complexity index is 445. The molecular formula is C17H26N2O2. The lowest BCUT2D eigenvalue weighted by Gasteiger charge is -2.30. The van der Waals surface area contributed by atoms with Gasteiger partial charge in [0.15, 0.2) is 0 Å². The number of amides is 1. The zero-order chi connectivity index (χ0) is 15.1. The van der Waals surface area contributed by atoms with Crippen LogP contribution in [0, 0.1) is 11.8 Å². The van der Waals surface area contributed by atoms with Crippen LogP contribution in [0.3, 0.4) is 0 Å². The van der Waals surface area contributed by atoms with E-state index in [1.807, 2.05) is 24.3 Å². The van der Waals surface area contributed by atoms with Crippen molar-refractivity contribution >= 4 is 11.6 Å². The zero-order valence-corrected chi connectivity index (χ0v) is 12.8. The fourth-order valence-corrected chi connectivity index (χ4v) is 3.10. The molecule has 116 valence electrons. The topological polar surface area (TPSA) is 61.4 Å². The molecule has 0 radical (unpaired) electrons. The smallest absolute Gasteiger partial charge is 0.221 e. The van der Waals surface area contributed by atoms with Crippen molar-refractivity contribution in [2.75, 3.05) is 18.5 Å². The number of aliphatic hydroxyl groups excluding tert-OH is 1. The Morgan fingerprint density at radius 1 is 1.19 bits per heavy atom. The van der Waals surface area contributed by atoms with E-state index < -0.39 is 0 Å². The second kappa shape index (κ2) is 8.15. The van der Waals surface area contributed by atoms with Crippen LogP contribution in [0.1, 0.15) is 38.2 Å². The molecule has 0 aliphatic heterocycles. The van der Waals surface area contributed by atoms with Gasteiger partial charge in [-0.1, -0.05) is 25.0 Å². The van der Waals surface area contributed by atoms with Gasteiger partial charge in [0.2, 0.25) is 5.91 Å². The van der Waals surface area contributed by atoms with Gasteiger partial charge in [-0.25, -0.2) is 0 Å². The van der Waals surface area contributed by atoms with Crippen molar-refractivity contribution in [3.63, 3.8) is 0 Å². The van der Waals surface area contributed by atoms with E-state index in [0.29, 0.717) is 18.4 Å². The number of carbonyl (C=O) groups excluding carboxylic acids is 1. The first-order valence-corrected chi connectivity index (χ1v) is 7.87. The first-order valence-electron chi connectivity index (χ1n) is 7.87. The number of hydrogen-bond donors (Lipinski definition) is 3. The summed E-state index contributed by atoms with van der Waals surface area (Å²) in [6.45, 7) is 3.63. The van der Waals surface area contributed by atoms with Gasteiger partial charge in [0.25, 0.3) is 0 Å². The molecule has 2 unspecified atom stereocenters. The maximum absolute atomic E-state index is 11.0. The first kappa shape index (κ1) is 16.0. The largest absolute Gasteiger partial charge is 0.396 e. The average molecular weight is 290 g/mol. The van der Waals surface area contributed by atoms with Crippen molar-refractivity contribution in [2.24, 2.45) is 11.8 Å². The Morgan fingerprint density at radius 3 is 2.48 bits per heavy atom. The third kappa shape index (κ3) is 5.14. The van der Waals surface area contributed by atoms with E-state index in [-0.39, 0.29) is 5.91 Å². The van der Waals surface area contributed by atoms with E-state index in [9.17, 15) is 9.90 Å². The molecule has 0 aromatic heterocycles. The number of rotatable bonds is 6. The molecule has 0 saturated heterocycles. The van der Waals surface area contributed by atoms with Crippen LogP contribution >= 0.6 is 0 Å². The molecule has 1 amide bonds. The van der Waals surface area contributed by atoms with Crippen molar-refractivity contribution in [2.45, 2.75) is 39.2 Å². The van der Waals surface area contributed by atoms with E-state index in [1.165, 1.54) is 31.7 Å². The predicted octanol–water partition coefficient (Wildman–Crippen LogP) is 2.53. The predicted molar refractivity (Wildman–Crippen MR) is 85.0 cm³/mol. The molecule has 21 heavy (non-hydrogen) atoms. The highest BCUT2D eigenvalue weighted by Gasteiger charge is 2.23. The number of carbonyl (C=O) groups is 1. The summed E-state index contributed by atoms with van der Waals surface area (Å²) in [4.78, 5) is 11.0. The summed E-state index contributed by atoms with van der Waals surface area (Å²) in [5, 5.41) is 15.7. The molecule has 2 rings (SSSR count). The zero-order valence-electron chi connectivity index (χ0n) is 12.8. The highest BCUT2D eigenvalue weighted by molar-refractivity contribution is 5.88. The lowest BCUT2D eigenvalue weighted by molar-refractivity contribution is -0.114. The molecule has 1 saturated carbocycles. The lowest BCUT2D eigenvalue weighted by atomic mass is 9.79. The molecular weight excluding hydrogens is 264 g/mol. The van der Waals surface area contributed by atoms with Gasteiger partial charge < -0.3 is 15.7 Å². The van der Waals surface area contributed by atoms with Gasteiger partial charge in [0, 0.05) is 25.8 Å². The Labute approximate surface area is 126 Å². The first-order chi connectivity index (χ1) is 10.2. The molecule has 2 atom stereocenters. The maximum atomic E-state index is 11.0. The van der Waals surface area contributed by atoms with Crippen molar-refractivity contribution in [1.82, 2.24) is 5.32 Å². The van der Waals surface area contributed by atoms with Crippen LogP contribution in [0.15, 0.2) is 24.3 Å². The van der Waals surface area contributed by atoms with Crippen LogP contribution in [0.4, 0.5) is 5.69 Å². The second-order valence-electron chi connectivity index (χ2n) is 6.00. The van der Waals surface area contributed by atoms with Crippen molar-refractivity contribution in [3.8, 4) is 0 Å². The molecule has 1 aromatic rings. The quantitative estimate of drug-likeness (QED) is 0.754. The fraction of sp³-hybridized carbons (Fsp3) is 0.588. The lowest BCUT2D eigenvalue weighted by Crippen LogP contribution is -2.32. The molecule has 1 aromatic carbocycles. The Balaban J connectivity index is 1.76. The summed E-state index contributed by atoms with van der Waals surface area (Å²) in [5.74, 6) is 1.02. The summed E-state index contributed by atoms with van der Waals surface area (Å²) in [5.41, 5.74) is 2.04. The van der Waals surface area contributed by atoms with Crippen LogP contribution in [-0.4, -0.2) is 24.2 Å². The fourth-order valence-electron chi connectivity index (χ4n) is 3.10. The highest BCUT2D eigenvalue weighted by Crippen LogP contribution is 2.29. The van der Waals surface area contributed by atoms with Gasteiger partial charge in [-0.15, -0.1) is 0 Å². The van der Waals surface area contributed by atoms with Crippen molar-refractivity contribution in [3.05, 3.63) is 29.8 Å². The monoisotopic (exact) mass is 290 g/mol. The van der Waals surface area contributed by atoms with E-state index in [0.717, 1.165) is 25.2 Å². The van der Waals surface area contributed by atoms with Gasteiger partial charge in [-0.05, 0) is 48.9 Å². The normalized spacial score (nSPS) is 22.0. The molecule has 1 fully saturated rings. The molecule has 0 heterocycles. The van der Waals surface area contributed by atoms with E-state index in [1.54, 1.807) is 0 Å². The number of benzene rings is 1. The summed E-state index contributed by atoms with van der Waals surface area (Å²) in [7, 11) is 0. The minimum absolute atomic E-state index is 0.0479. The average Bonchev–Trinajstić information content (AvgIpc) is 2.49. The van der Waals surface area contributed by atoms with Gasteiger partial charge in [0.05, 0.1) is 0 Å². The number of anilines is 1. The minimum atomic E-state index is -0.0479. The van der Waals surface area contributed by atoms with Gasteiger partial charge in [0.1, 0.15) is 0 Å². The van der Waals surface area contributed by atoms with E-state index in [4.69, 9.17) is 0 Å². The van der Waals surface area contributed by atoms with Gasteiger partial charge in [-0.3, -0.25) is 4.79 Å². The maximum Gasteiger partial charge on any atom is 0.221 e. The van der Waals surface area contributed by atoms with Crippen LogP contribution < -0.4 is 10.6 Å². The summed E-state index contributed by atoms with van der Waals surface area (Å²) < 4.78 is 0. The summed E-state index contributed by atoms with van der Waals surface area (Å²) >= 11 is 0. The molecule has 4 heteroatoms. The molecule has 1 aliphatic carbocycles. The third-order valence-corrected chi connectivity index (χ3v) is 4.31. The van der Waals surface area contributed by atoms with Crippen LogP contribution in [-0.2, 0) is 11.3 Å². The van der Waals surface area contributed by atoms with Gasteiger partial charge in [-0.2, -0.15) is 0 Å². The standard InChI is InChI=1S/C17H26N2O2/c1-13(21)19-17-8-6-14(7-9-17)10-18-11-15-4-2-3-5-16(15)12-20/h6-9,15-16,18,20H,2-5,10-12H2,1H3,(H,19,21). The van der Waals surface area contributed by atoms with Crippen molar-refractivity contribution < 1.29 is 9.90 Å². The third-order valence-electron chi connectivity index (χ3n) is 4.31. The molecule has 0 spiro atoms. The summed E-state index contributed by atoms with van der Waals surface area (Å²) in [6, 6.07) is 7.91. The number of hydrogen-bond acceptors (Lipinski definition) is 3. The molecule has 0 bridgehead atoms. The minimum Gasteiger partial charge on any atom is -0.396 e. The van der Waals surface area contributed by atoms with Crippen molar-refractivity contribution in [1.29, 1.82) is 0 Å². The molecule has 4 nitrogen and oxygen atoms in total. The van der Waals surface area contributed by atoms with Crippen LogP contribution in [0.25, 0.3) is 0 Å². The van der Waals surface area contributed by atoms with E-state index >= 15 is 0 Å². The van der Waals surface area contributed by atoms with E-state index in [2.05, 4.69) is 10.6 Å². The number of nitrogens with one attached hydrogen (secondary N) is 2. The summed E-state index contributed by atoms with van der Waals surface area (Å²) in [6.07, 6.45) is 4.93. The number of aliphatic hydroxyl groups is 1. The van der Waals surface area contributed by atoms with Gasteiger partial charge >= 0.3 is 0 Å². The Hall–Kier alpha value is -1.39. The Morgan fingerprint density at radius 2 is 1.86 bits per heavy atom. The Kier molecular flexibility index (Phi) is 6.21. The van der Waals surface area contributed by atoms with Crippen LogP contribution in [0.5, 0.6) is 0 Å². The SMILES string of the molecule is CC(=O)Nc1ccc(CNCC2CCCCC2CO)cc1. The molecule has 1 aliphatic rings. The highest BCUT2D eigenvalue weighted by atomic mass is 16.3. The molecule has 3 N–H and O–H groups in total. The second-order valence-corrected chi connectivity index (χ2v) is 6.00.